The maximum Gasteiger partial charge on any atom is 0.407 e. The Balaban J connectivity index is 1.91. The topological polar surface area (TPSA) is 82.4 Å². The van der Waals surface area contributed by atoms with Crippen LogP contribution >= 0.6 is 0 Å². The van der Waals surface area contributed by atoms with Crippen molar-refractivity contribution in [2.45, 2.75) is 31.7 Å². The largest absolute Gasteiger partial charge is 0.453 e. The Kier molecular flexibility index (Phi) is 3.41. The van der Waals surface area contributed by atoms with Crippen LogP contribution in [-0.2, 0) is 9.53 Å². The first kappa shape index (κ1) is 12.7. The summed E-state index contributed by atoms with van der Waals surface area (Å²) in [5, 5.41) is 11.8. The summed E-state index contributed by atoms with van der Waals surface area (Å²) in [5.41, 5.74) is -0.792. The van der Waals surface area contributed by atoms with Crippen LogP contribution in [0.25, 0.3) is 0 Å². The summed E-state index contributed by atoms with van der Waals surface area (Å²) in [4.78, 5) is 25.0. The summed E-state index contributed by atoms with van der Waals surface area (Å²) >= 11 is 0. The molecule has 2 rings (SSSR count). The summed E-state index contributed by atoms with van der Waals surface area (Å²) in [5.74, 6) is -0.0783. The van der Waals surface area contributed by atoms with Crippen LogP contribution < -0.4 is 5.32 Å². The number of nitrogens with one attached hydrogen (secondary N) is 1. The van der Waals surface area contributed by atoms with Gasteiger partial charge in [0.1, 0.15) is 5.41 Å². The molecule has 2 aliphatic rings. The van der Waals surface area contributed by atoms with Crippen molar-refractivity contribution in [2.24, 2.45) is 5.41 Å². The van der Waals surface area contributed by atoms with Crippen molar-refractivity contribution in [3.8, 4) is 6.07 Å². The number of methoxy groups -OCH3 is 1. The van der Waals surface area contributed by atoms with E-state index in [0.29, 0.717) is 32.4 Å². The van der Waals surface area contributed by atoms with E-state index >= 15 is 0 Å². The summed E-state index contributed by atoms with van der Waals surface area (Å²) in [6, 6.07) is 2.08. The van der Waals surface area contributed by atoms with Gasteiger partial charge in [-0.1, -0.05) is 0 Å². The molecule has 1 aliphatic heterocycles. The highest BCUT2D eigenvalue weighted by atomic mass is 16.5. The Morgan fingerprint density at radius 1 is 1.50 bits per heavy atom. The zero-order chi connectivity index (χ0) is 13.2. The molecule has 1 saturated heterocycles. The van der Waals surface area contributed by atoms with Gasteiger partial charge in [-0.25, -0.2) is 4.79 Å². The number of ether oxygens (including phenoxy) is 1. The molecule has 1 heterocycles. The molecule has 1 atom stereocenters. The molecule has 6 heteroatoms. The zero-order valence-electron chi connectivity index (χ0n) is 10.4. The summed E-state index contributed by atoms with van der Waals surface area (Å²) in [6.45, 7) is 1.06. The van der Waals surface area contributed by atoms with Crippen molar-refractivity contribution in [3.63, 3.8) is 0 Å². The number of likely N-dealkylation sites (tertiary alicyclic amines) is 1. The molecule has 2 amide bonds. The van der Waals surface area contributed by atoms with E-state index in [1.807, 2.05) is 0 Å². The van der Waals surface area contributed by atoms with Crippen LogP contribution in [0, 0.1) is 16.7 Å². The number of rotatable bonds is 2. The van der Waals surface area contributed by atoms with Gasteiger partial charge in [0.25, 0.3) is 0 Å². The fourth-order valence-corrected chi connectivity index (χ4v) is 2.49. The van der Waals surface area contributed by atoms with E-state index in [2.05, 4.69) is 16.1 Å². The summed E-state index contributed by atoms with van der Waals surface area (Å²) in [6.07, 6.45) is 2.49. The molecule has 18 heavy (non-hydrogen) atoms. The number of carbonyl (C=O) groups is 2. The molecule has 1 N–H and O–H groups in total. The van der Waals surface area contributed by atoms with Crippen LogP contribution in [0.4, 0.5) is 4.79 Å². The monoisotopic (exact) mass is 251 g/mol. The van der Waals surface area contributed by atoms with Gasteiger partial charge in [-0.05, 0) is 25.7 Å². The Hall–Kier alpha value is -1.77. The Labute approximate surface area is 106 Å². The molecule has 1 unspecified atom stereocenters. The molecule has 6 nitrogen and oxygen atoms in total. The minimum atomic E-state index is -0.792. The number of nitriles is 1. The van der Waals surface area contributed by atoms with Gasteiger partial charge in [-0.15, -0.1) is 0 Å². The maximum atomic E-state index is 12.2. The van der Waals surface area contributed by atoms with Crippen LogP contribution in [-0.4, -0.2) is 43.1 Å². The van der Waals surface area contributed by atoms with Gasteiger partial charge in [0.15, 0.2) is 0 Å². The highest BCUT2D eigenvalue weighted by Gasteiger charge is 2.48. The quantitative estimate of drug-likeness (QED) is 0.780. The molecule has 1 aliphatic carbocycles. The molecule has 1 saturated carbocycles. The lowest BCUT2D eigenvalue weighted by Crippen LogP contribution is -2.47. The third kappa shape index (κ3) is 2.13. The number of nitrogens with zero attached hydrogens (tertiary/aromatic N) is 2. The molecule has 0 spiro atoms. The molecule has 2 fully saturated rings. The van der Waals surface area contributed by atoms with Crippen LogP contribution in [0.3, 0.4) is 0 Å². The molecular weight excluding hydrogens is 234 g/mol. The van der Waals surface area contributed by atoms with Crippen LogP contribution in [0.1, 0.15) is 25.7 Å². The van der Waals surface area contributed by atoms with Crippen LogP contribution in [0.2, 0.25) is 0 Å². The van der Waals surface area contributed by atoms with E-state index in [1.165, 1.54) is 7.11 Å². The third-order valence-electron chi connectivity index (χ3n) is 3.81. The van der Waals surface area contributed by atoms with Gasteiger partial charge < -0.3 is 15.0 Å². The number of hydrogen-bond acceptors (Lipinski definition) is 4. The lowest BCUT2D eigenvalue weighted by atomic mass is 9.69. The van der Waals surface area contributed by atoms with Gasteiger partial charge in [0.05, 0.1) is 19.2 Å². The third-order valence-corrected chi connectivity index (χ3v) is 3.81. The predicted molar refractivity (Wildman–Crippen MR) is 62.4 cm³/mol. The van der Waals surface area contributed by atoms with Gasteiger partial charge >= 0.3 is 6.09 Å². The maximum absolute atomic E-state index is 12.2. The van der Waals surface area contributed by atoms with E-state index in [1.54, 1.807) is 4.90 Å². The van der Waals surface area contributed by atoms with Crippen molar-refractivity contribution in [3.05, 3.63) is 0 Å². The van der Waals surface area contributed by atoms with Crippen LogP contribution in [0.5, 0.6) is 0 Å². The minimum absolute atomic E-state index is 0.0720. The van der Waals surface area contributed by atoms with E-state index in [9.17, 15) is 9.59 Å². The number of hydrogen-bond donors (Lipinski definition) is 1. The van der Waals surface area contributed by atoms with E-state index in [-0.39, 0.29) is 11.9 Å². The molecule has 0 aromatic rings. The molecule has 98 valence electrons. The lowest BCUT2D eigenvalue weighted by molar-refractivity contribution is -0.141. The van der Waals surface area contributed by atoms with Gasteiger partial charge in [-0.3, -0.25) is 4.79 Å². The molecular formula is C12H17N3O3. The fourth-order valence-electron chi connectivity index (χ4n) is 2.49. The van der Waals surface area contributed by atoms with E-state index in [4.69, 9.17) is 5.26 Å². The minimum Gasteiger partial charge on any atom is -0.453 e. The second kappa shape index (κ2) is 4.84. The Morgan fingerprint density at radius 2 is 2.22 bits per heavy atom. The second-order valence-electron chi connectivity index (χ2n) is 4.92. The van der Waals surface area contributed by atoms with Crippen molar-refractivity contribution >= 4 is 12.0 Å². The first-order chi connectivity index (χ1) is 8.61. The summed E-state index contributed by atoms with van der Waals surface area (Å²) < 4.78 is 4.52. The predicted octanol–water partition coefficient (Wildman–Crippen LogP) is 0.637. The average Bonchev–Trinajstić information content (AvgIpc) is 2.76. The lowest BCUT2D eigenvalue weighted by Gasteiger charge is -2.36. The molecule has 0 aromatic heterocycles. The standard InChI is InChI=1S/C12H17N3O3/c1-18-11(17)14-9-3-6-15(7-9)10(16)12(8-13)4-2-5-12/h9H,2-7H2,1H3,(H,14,17). The second-order valence-corrected chi connectivity index (χ2v) is 4.92. The highest BCUT2D eigenvalue weighted by Crippen LogP contribution is 2.42. The van der Waals surface area contributed by atoms with Crippen molar-refractivity contribution in [1.82, 2.24) is 10.2 Å². The normalized spacial score (nSPS) is 24.9. The molecule has 0 aromatic carbocycles. The number of carbonyl (C=O) groups excluding carboxylic acids is 2. The van der Waals surface area contributed by atoms with Gasteiger partial charge in [0.2, 0.25) is 5.91 Å². The van der Waals surface area contributed by atoms with E-state index in [0.717, 1.165) is 6.42 Å². The molecule has 0 bridgehead atoms. The number of alkyl carbamates (subject to hydrolysis) is 1. The number of amides is 2. The van der Waals surface area contributed by atoms with E-state index < -0.39 is 11.5 Å². The SMILES string of the molecule is COC(=O)NC1CCN(C(=O)C2(C#N)CCC2)C1. The smallest absolute Gasteiger partial charge is 0.407 e. The van der Waals surface area contributed by atoms with Crippen molar-refractivity contribution in [2.75, 3.05) is 20.2 Å². The Bertz CT molecular complexity index is 398. The zero-order valence-corrected chi connectivity index (χ0v) is 10.4. The van der Waals surface area contributed by atoms with Gasteiger partial charge in [-0.2, -0.15) is 5.26 Å². The first-order valence-electron chi connectivity index (χ1n) is 6.16. The van der Waals surface area contributed by atoms with Gasteiger partial charge in [0, 0.05) is 13.1 Å². The molecule has 0 radical (unpaired) electrons. The van der Waals surface area contributed by atoms with Crippen molar-refractivity contribution in [1.29, 1.82) is 5.26 Å². The van der Waals surface area contributed by atoms with Crippen LogP contribution in [0.15, 0.2) is 0 Å². The highest BCUT2D eigenvalue weighted by molar-refractivity contribution is 5.86. The van der Waals surface area contributed by atoms with Crippen molar-refractivity contribution < 1.29 is 14.3 Å². The Morgan fingerprint density at radius 3 is 2.72 bits per heavy atom. The summed E-state index contributed by atoms with van der Waals surface area (Å²) in [7, 11) is 1.31. The first-order valence-corrected chi connectivity index (χ1v) is 6.16. The average molecular weight is 251 g/mol. The fraction of sp³-hybridized carbons (Fsp3) is 0.750.